The van der Waals surface area contributed by atoms with Crippen molar-refractivity contribution in [1.29, 1.82) is 0 Å². The SMILES string of the molecule is CC(Sc1nnnn1C1CCCCC1)c1ccccc1. The fourth-order valence-electron chi connectivity index (χ4n) is 2.77. The number of hydrogen-bond donors (Lipinski definition) is 0. The van der Waals surface area contributed by atoms with Gasteiger partial charge in [-0.15, -0.1) is 5.10 Å². The molecule has 1 fully saturated rings. The van der Waals surface area contributed by atoms with Gasteiger partial charge in [-0.3, -0.25) is 0 Å². The molecule has 106 valence electrons. The van der Waals surface area contributed by atoms with E-state index in [0.29, 0.717) is 11.3 Å². The lowest BCUT2D eigenvalue weighted by atomic mass is 9.96. The summed E-state index contributed by atoms with van der Waals surface area (Å²) in [5.41, 5.74) is 1.32. The van der Waals surface area contributed by atoms with E-state index < -0.39 is 0 Å². The lowest BCUT2D eigenvalue weighted by Crippen LogP contribution is -2.15. The zero-order valence-electron chi connectivity index (χ0n) is 11.8. The maximum absolute atomic E-state index is 4.22. The van der Waals surface area contributed by atoms with Gasteiger partial charge in [0, 0.05) is 5.25 Å². The minimum atomic E-state index is 0.365. The summed E-state index contributed by atoms with van der Waals surface area (Å²) in [5.74, 6) is 0. The topological polar surface area (TPSA) is 43.6 Å². The highest BCUT2D eigenvalue weighted by molar-refractivity contribution is 7.99. The van der Waals surface area contributed by atoms with Crippen LogP contribution in [0.1, 0.15) is 55.9 Å². The van der Waals surface area contributed by atoms with Crippen LogP contribution >= 0.6 is 11.8 Å². The maximum atomic E-state index is 4.22. The molecule has 1 aromatic carbocycles. The number of benzene rings is 1. The highest BCUT2D eigenvalue weighted by atomic mass is 32.2. The standard InChI is InChI=1S/C15H20N4S/c1-12(13-8-4-2-5-9-13)20-15-16-17-18-19(15)14-10-6-3-7-11-14/h2,4-5,8-9,12,14H,3,6-7,10-11H2,1H3. The Hall–Kier alpha value is -1.36. The number of thioether (sulfide) groups is 1. The van der Waals surface area contributed by atoms with E-state index in [4.69, 9.17) is 0 Å². The first-order chi connectivity index (χ1) is 9.84. The van der Waals surface area contributed by atoms with Gasteiger partial charge < -0.3 is 0 Å². The van der Waals surface area contributed by atoms with Crippen LogP contribution in [0.3, 0.4) is 0 Å². The molecule has 0 radical (unpaired) electrons. The summed E-state index contributed by atoms with van der Waals surface area (Å²) in [5, 5.41) is 13.6. The van der Waals surface area contributed by atoms with Gasteiger partial charge in [0.1, 0.15) is 0 Å². The van der Waals surface area contributed by atoms with Crippen molar-refractivity contribution in [2.45, 2.75) is 55.5 Å². The van der Waals surface area contributed by atoms with Gasteiger partial charge in [-0.25, -0.2) is 4.68 Å². The van der Waals surface area contributed by atoms with Crippen molar-refractivity contribution < 1.29 is 0 Å². The summed E-state index contributed by atoms with van der Waals surface area (Å²) in [4.78, 5) is 0. The molecule has 0 spiro atoms. The number of aromatic nitrogens is 4. The maximum Gasteiger partial charge on any atom is 0.210 e. The molecule has 1 unspecified atom stereocenters. The molecule has 3 rings (SSSR count). The van der Waals surface area contributed by atoms with Gasteiger partial charge in [0.2, 0.25) is 5.16 Å². The zero-order valence-corrected chi connectivity index (χ0v) is 12.6. The third-order valence-electron chi connectivity index (χ3n) is 3.93. The van der Waals surface area contributed by atoms with E-state index in [1.54, 1.807) is 11.8 Å². The van der Waals surface area contributed by atoms with Gasteiger partial charge in [-0.1, -0.05) is 61.4 Å². The lowest BCUT2D eigenvalue weighted by molar-refractivity contribution is 0.307. The summed E-state index contributed by atoms with van der Waals surface area (Å²) in [6.07, 6.45) is 6.35. The van der Waals surface area contributed by atoms with Crippen LogP contribution in [-0.2, 0) is 0 Å². The fraction of sp³-hybridized carbons (Fsp3) is 0.533. The molecular weight excluding hydrogens is 268 g/mol. The van der Waals surface area contributed by atoms with E-state index in [1.165, 1.54) is 37.7 Å². The summed E-state index contributed by atoms with van der Waals surface area (Å²) < 4.78 is 2.04. The second-order valence-electron chi connectivity index (χ2n) is 5.37. The third kappa shape index (κ3) is 3.03. The fourth-order valence-corrected chi connectivity index (χ4v) is 3.75. The quantitative estimate of drug-likeness (QED) is 0.797. The predicted molar refractivity (Wildman–Crippen MR) is 80.7 cm³/mol. The largest absolute Gasteiger partial charge is 0.217 e. The Morgan fingerprint density at radius 1 is 1.15 bits per heavy atom. The monoisotopic (exact) mass is 288 g/mol. The van der Waals surface area contributed by atoms with E-state index in [2.05, 4.69) is 46.7 Å². The van der Waals surface area contributed by atoms with Gasteiger partial charge in [-0.2, -0.15) is 0 Å². The van der Waals surface area contributed by atoms with Crippen molar-refractivity contribution in [3.8, 4) is 0 Å². The second kappa shape index (κ2) is 6.39. The summed E-state index contributed by atoms with van der Waals surface area (Å²) in [7, 11) is 0. The van der Waals surface area contributed by atoms with Crippen LogP contribution in [0.2, 0.25) is 0 Å². The zero-order chi connectivity index (χ0) is 13.8. The first-order valence-electron chi connectivity index (χ1n) is 7.34. The van der Waals surface area contributed by atoms with Gasteiger partial charge in [-0.05, 0) is 35.8 Å². The van der Waals surface area contributed by atoms with Gasteiger partial charge in [0.15, 0.2) is 0 Å². The molecule has 4 nitrogen and oxygen atoms in total. The van der Waals surface area contributed by atoms with Crippen LogP contribution in [0.15, 0.2) is 35.5 Å². The van der Waals surface area contributed by atoms with Crippen LogP contribution in [0, 0.1) is 0 Å². The van der Waals surface area contributed by atoms with E-state index in [-0.39, 0.29) is 0 Å². The molecule has 1 heterocycles. The molecule has 1 atom stereocenters. The molecule has 0 bridgehead atoms. The first kappa shape index (κ1) is 13.6. The normalized spacial score (nSPS) is 18.1. The Labute approximate surface area is 124 Å². The van der Waals surface area contributed by atoms with Crippen molar-refractivity contribution in [2.75, 3.05) is 0 Å². The molecule has 1 aromatic heterocycles. The molecule has 1 aliphatic rings. The van der Waals surface area contributed by atoms with E-state index in [9.17, 15) is 0 Å². The second-order valence-corrected chi connectivity index (χ2v) is 6.68. The molecule has 0 N–H and O–H groups in total. The van der Waals surface area contributed by atoms with Crippen molar-refractivity contribution in [3.63, 3.8) is 0 Å². The Morgan fingerprint density at radius 2 is 1.90 bits per heavy atom. The minimum Gasteiger partial charge on any atom is -0.217 e. The van der Waals surface area contributed by atoms with E-state index in [1.807, 2.05) is 10.7 Å². The average molecular weight is 288 g/mol. The minimum absolute atomic E-state index is 0.365. The molecular formula is C15H20N4S. The summed E-state index contributed by atoms with van der Waals surface area (Å²) in [6, 6.07) is 11.0. The molecule has 0 amide bonds. The molecule has 0 saturated heterocycles. The number of nitrogens with zero attached hydrogens (tertiary/aromatic N) is 4. The summed E-state index contributed by atoms with van der Waals surface area (Å²) >= 11 is 1.75. The molecule has 0 aliphatic heterocycles. The first-order valence-corrected chi connectivity index (χ1v) is 8.22. The molecule has 20 heavy (non-hydrogen) atoms. The predicted octanol–water partition coefficient (Wildman–Crippen LogP) is 4.03. The van der Waals surface area contributed by atoms with Crippen molar-refractivity contribution in [2.24, 2.45) is 0 Å². The van der Waals surface area contributed by atoms with E-state index >= 15 is 0 Å². The number of hydrogen-bond acceptors (Lipinski definition) is 4. The van der Waals surface area contributed by atoms with E-state index in [0.717, 1.165) is 5.16 Å². The van der Waals surface area contributed by atoms with Crippen molar-refractivity contribution in [3.05, 3.63) is 35.9 Å². The Bertz CT molecular complexity index is 534. The van der Waals surface area contributed by atoms with Gasteiger partial charge in [0.05, 0.1) is 6.04 Å². The van der Waals surface area contributed by atoms with Crippen LogP contribution in [0.4, 0.5) is 0 Å². The Kier molecular flexibility index (Phi) is 4.35. The lowest BCUT2D eigenvalue weighted by Gasteiger charge is -2.22. The molecule has 2 aromatic rings. The average Bonchev–Trinajstić information content (AvgIpc) is 2.97. The number of tetrazole rings is 1. The van der Waals surface area contributed by atoms with Crippen LogP contribution in [0.5, 0.6) is 0 Å². The third-order valence-corrected chi connectivity index (χ3v) is 5.04. The molecule has 5 heteroatoms. The molecule has 1 aliphatic carbocycles. The van der Waals surface area contributed by atoms with Crippen LogP contribution in [0.25, 0.3) is 0 Å². The van der Waals surface area contributed by atoms with Crippen molar-refractivity contribution >= 4 is 11.8 Å². The number of rotatable bonds is 4. The Balaban J connectivity index is 1.73. The smallest absolute Gasteiger partial charge is 0.210 e. The van der Waals surface area contributed by atoms with Crippen LogP contribution in [-0.4, -0.2) is 20.2 Å². The summed E-state index contributed by atoms with van der Waals surface area (Å²) in [6.45, 7) is 2.21. The highest BCUT2D eigenvalue weighted by Crippen LogP contribution is 2.36. The molecule has 1 saturated carbocycles. The van der Waals surface area contributed by atoms with Crippen molar-refractivity contribution in [1.82, 2.24) is 20.2 Å². The van der Waals surface area contributed by atoms with Gasteiger partial charge in [0.25, 0.3) is 0 Å². The highest BCUT2D eigenvalue weighted by Gasteiger charge is 2.21. The van der Waals surface area contributed by atoms with Gasteiger partial charge >= 0.3 is 0 Å². The Morgan fingerprint density at radius 3 is 2.65 bits per heavy atom. The van der Waals surface area contributed by atoms with Crippen LogP contribution < -0.4 is 0 Å².